The average molecular weight is 449 g/mol. The fourth-order valence-electron chi connectivity index (χ4n) is 3.85. The summed E-state index contributed by atoms with van der Waals surface area (Å²) in [4.78, 5) is 28.8. The van der Waals surface area contributed by atoms with Gasteiger partial charge in [0.05, 0.1) is 6.54 Å². The topological polar surface area (TPSA) is 67.9 Å². The zero-order valence-corrected chi connectivity index (χ0v) is 18.6. The molecule has 6 nitrogen and oxygen atoms in total. The summed E-state index contributed by atoms with van der Waals surface area (Å²) in [5, 5.41) is 4.95. The highest BCUT2D eigenvalue weighted by molar-refractivity contribution is 7.09. The molecule has 3 aromatic rings. The van der Waals surface area contributed by atoms with E-state index >= 15 is 0 Å². The van der Waals surface area contributed by atoms with E-state index < -0.39 is 0 Å². The fourth-order valence-corrected chi connectivity index (χ4v) is 4.54. The van der Waals surface area contributed by atoms with Crippen molar-refractivity contribution >= 4 is 34.5 Å². The maximum atomic E-state index is 13.6. The first-order valence-corrected chi connectivity index (χ1v) is 11.6. The van der Waals surface area contributed by atoms with Crippen molar-refractivity contribution in [3.8, 4) is 11.5 Å². The fraction of sp³-hybridized carbons (Fsp3) is 0.280. The van der Waals surface area contributed by atoms with E-state index in [4.69, 9.17) is 9.47 Å². The number of ether oxygens (including phenoxy) is 2. The van der Waals surface area contributed by atoms with Crippen LogP contribution in [0, 0.1) is 11.8 Å². The molecular weight excluding hydrogens is 424 g/mol. The second-order valence-corrected chi connectivity index (χ2v) is 9.22. The van der Waals surface area contributed by atoms with Crippen molar-refractivity contribution in [2.45, 2.75) is 19.9 Å². The van der Waals surface area contributed by atoms with Gasteiger partial charge in [0, 0.05) is 33.8 Å². The zero-order valence-electron chi connectivity index (χ0n) is 17.7. The van der Waals surface area contributed by atoms with Gasteiger partial charge in [-0.3, -0.25) is 9.59 Å². The lowest BCUT2D eigenvalue weighted by Crippen LogP contribution is -2.30. The van der Waals surface area contributed by atoms with Gasteiger partial charge in [-0.05, 0) is 54.1 Å². The Kier molecular flexibility index (Phi) is 5.57. The van der Waals surface area contributed by atoms with E-state index in [1.807, 2.05) is 41.8 Å². The molecule has 2 aliphatic rings. The summed E-state index contributed by atoms with van der Waals surface area (Å²) in [7, 11) is 0. The van der Waals surface area contributed by atoms with E-state index in [9.17, 15) is 9.59 Å². The van der Waals surface area contributed by atoms with Crippen LogP contribution in [0.5, 0.6) is 11.5 Å². The summed E-state index contributed by atoms with van der Waals surface area (Å²) < 4.78 is 11.4. The molecule has 5 rings (SSSR count). The molecule has 2 unspecified atom stereocenters. The molecule has 1 aliphatic heterocycles. The van der Waals surface area contributed by atoms with Crippen LogP contribution in [-0.4, -0.2) is 25.0 Å². The SMILES string of the molecule is CC1CC1C(=O)Nc1cccc(C(=O)N(Cc2cccs2)c2ccc3c(c2)OCCO3)c1. The van der Waals surface area contributed by atoms with Crippen molar-refractivity contribution < 1.29 is 19.1 Å². The number of nitrogens with one attached hydrogen (secondary N) is 1. The molecule has 1 aliphatic carbocycles. The van der Waals surface area contributed by atoms with Crippen molar-refractivity contribution in [1.82, 2.24) is 0 Å². The van der Waals surface area contributed by atoms with Crippen molar-refractivity contribution in [1.29, 1.82) is 0 Å². The molecule has 1 aromatic heterocycles. The third kappa shape index (κ3) is 4.34. The Morgan fingerprint density at radius 2 is 1.88 bits per heavy atom. The Hall–Kier alpha value is -3.32. The second-order valence-electron chi connectivity index (χ2n) is 8.19. The minimum absolute atomic E-state index is 0.0179. The van der Waals surface area contributed by atoms with Gasteiger partial charge in [-0.2, -0.15) is 0 Å². The first-order valence-electron chi connectivity index (χ1n) is 10.7. The van der Waals surface area contributed by atoms with Crippen LogP contribution < -0.4 is 19.7 Å². The molecule has 0 bridgehead atoms. The Balaban J connectivity index is 1.43. The predicted molar refractivity (Wildman–Crippen MR) is 125 cm³/mol. The number of carbonyl (C=O) groups is 2. The lowest BCUT2D eigenvalue weighted by molar-refractivity contribution is -0.117. The minimum Gasteiger partial charge on any atom is -0.486 e. The van der Waals surface area contributed by atoms with Crippen LogP contribution in [0.2, 0.25) is 0 Å². The van der Waals surface area contributed by atoms with Gasteiger partial charge in [0.2, 0.25) is 5.91 Å². The number of thiophene rings is 1. The lowest BCUT2D eigenvalue weighted by Gasteiger charge is -2.25. The van der Waals surface area contributed by atoms with Crippen LogP contribution in [0.15, 0.2) is 60.0 Å². The van der Waals surface area contributed by atoms with E-state index in [2.05, 4.69) is 12.2 Å². The number of carbonyl (C=O) groups excluding carboxylic acids is 2. The van der Waals surface area contributed by atoms with Gasteiger partial charge >= 0.3 is 0 Å². The summed E-state index contributed by atoms with van der Waals surface area (Å²) in [6.45, 7) is 3.51. The van der Waals surface area contributed by atoms with Crippen LogP contribution in [0.1, 0.15) is 28.6 Å². The van der Waals surface area contributed by atoms with Crippen LogP contribution in [0.25, 0.3) is 0 Å². The number of rotatable bonds is 6. The summed E-state index contributed by atoms with van der Waals surface area (Å²) in [5.74, 6) is 1.69. The molecule has 2 atom stereocenters. The molecule has 0 radical (unpaired) electrons. The highest BCUT2D eigenvalue weighted by Gasteiger charge is 2.39. The summed E-state index contributed by atoms with van der Waals surface area (Å²) >= 11 is 1.60. The van der Waals surface area contributed by atoms with E-state index in [0.29, 0.717) is 48.4 Å². The molecule has 2 amide bonds. The minimum atomic E-state index is -0.147. The molecule has 2 aromatic carbocycles. The Morgan fingerprint density at radius 3 is 2.62 bits per heavy atom. The van der Waals surface area contributed by atoms with Gasteiger partial charge in [0.25, 0.3) is 5.91 Å². The average Bonchev–Trinajstić information content (AvgIpc) is 3.33. The Bertz CT molecular complexity index is 1140. The van der Waals surface area contributed by atoms with Gasteiger partial charge in [0.15, 0.2) is 11.5 Å². The van der Waals surface area contributed by atoms with E-state index in [1.54, 1.807) is 34.4 Å². The largest absolute Gasteiger partial charge is 0.486 e. The molecule has 0 saturated heterocycles. The molecule has 164 valence electrons. The summed E-state index contributed by atoms with van der Waals surface area (Å²) in [5.41, 5.74) is 1.88. The van der Waals surface area contributed by atoms with E-state index in [1.165, 1.54) is 0 Å². The van der Waals surface area contributed by atoms with Gasteiger partial charge in [-0.1, -0.05) is 19.1 Å². The highest BCUT2D eigenvalue weighted by atomic mass is 32.1. The third-order valence-corrected chi connectivity index (χ3v) is 6.66. The number of nitrogens with zero attached hydrogens (tertiary/aromatic N) is 1. The molecule has 2 heterocycles. The summed E-state index contributed by atoms with van der Waals surface area (Å²) in [6, 6.07) is 16.7. The number of amides is 2. The first kappa shape index (κ1) is 20.6. The Labute approximate surface area is 190 Å². The molecular formula is C25H24N2O4S. The first-order chi connectivity index (χ1) is 15.6. The summed E-state index contributed by atoms with van der Waals surface area (Å²) in [6.07, 6.45) is 0.920. The van der Waals surface area contributed by atoms with Crippen LogP contribution >= 0.6 is 11.3 Å². The van der Waals surface area contributed by atoms with Gasteiger partial charge in [-0.15, -0.1) is 11.3 Å². The van der Waals surface area contributed by atoms with Crippen molar-refractivity contribution in [2.24, 2.45) is 11.8 Å². The maximum Gasteiger partial charge on any atom is 0.258 e. The maximum absolute atomic E-state index is 13.6. The van der Waals surface area contributed by atoms with Crippen LogP contribution in [0.3, 0.4) is 0 Å². The molecule has 1 fully saturated rings. The zero-order chi connectivity index (χ0) is 22.1. The number of hydrogen-bond acceptors (Lipinski definition) is 5. The van der Waals surface area contributed by atoms with Crippen molar-refractivity contribution in [3.05, 3.63) is 70.4 Å². The predicted octanol–water partition coefficient (Wildman–Crippen LogP) is 4.96. The van der Waals surface area contributed by atoms with Crippen LogP contribution in [-0.2, 0) is 11.3 Å². The number of benzene rings is 2. The number of fused-ring (bicyclic) bond motifs is 1. The standard InChI is InChI=1S/C25H24N2O4S/c1-16-12-21(16)24(28)26-18-5-2-4-17(13-18)25(29)27(15-20-6-3-11-32-20)19-7-8-22-23(14-19)31-10-9-30-22/h2-8,11,13-14,16,21H,9-10,12,15H2,1H3,(H,26,28). The monoisotopic (exact) mass is 448 g/mol. The quantitative estimate of drug-likeness (QED) is 0.579. The smallest absolute Gasteiger partial charge is 0.258 e. The second kappa shape index (κ2) is 8.67. The third-order valence-electron chi connectivity index (χ3n) is 5.80. The van der Waals surface area contributed by atoms with Gasteiger partial charge in [0.1, 0.15) is 13.2 Å². The van der Waals surface area contributed by atoms with E-state index in [-0.39, 0.29) is 17.7 Å². The van der Waals surface area contributed by atoms with Gasteiger partial charge < -0.3 is 19.7 Å². The Morgan fingerprint density at radius 1 is 1.06 bits per heavy atom. The molecule has 32 heavy (non-hydrogen) atoms. The highest BCUT2D eigenvalue weighted by Crippen LogP contribution is 2.38. The van der Waals surface area contributed by atoms with Crippen molar-refractivity contribution in [3.63, 3.8) is 0 Å². The molecule has 0 spiro atoms. The van der Waals surface area contributed by atoms with Crippen molar-refractivity contribution in [2.75, 3.05) is 23.4 Å². The molecule has 7 heteroatoms. The van der Waals surface area contributed by atoms with Crippen LogP contribution in [0.4, 0.5) is 11.4 Å². The number of hydrogen-bond donors (Lipinski definition) is 1. The normalized spacial score (nSPS) is 18.7. The number of anilines is 2. The molecule has 1 N–H and O–H groups in total. The molecule has 1 saturated carbocycles. The lowest BCUT2D eigenvalue weighted by atomic mass is 10.1. The van der Waals surface area contributed by atoms with Gasteiger partial charge in [-0.25, -0.2) is 0 Å². The van der Waals surface area contributed by atoms with E-state index in [0.717, 1.165) is 17.0 Å².